The Labute approximate surface area is 175 Å². The number of hydrogen-bond donors (Lipinski definition) is 3. The van der Waals surface area contributed by atoms with Crippen LogP contribution in [0.1, 0.15) is 64.3 Å². The van der Waals surface area contributed by atoms with Crippen molar-refractivity contribution in [3.8, 4) is 11.5 Å². The van der Waals surface area contributed by atoms with Crippen molar-refractivity contribution in [1.82, 2.24) is 0 Å². The zero-order chi connectivity index (χ0) is 22.8. The summed E-state index contributed by atoms with van der Waals surface area (Å²) < 4.78 is 47.1. The molecule has 0 saturated heterocycles. The molecule has 2 aromatic carbocycles. The van der Waals surface area contributed by atoms with E-state index in [2.05, 4.69) is 4.74 Å². The summed E-state index contributed by atoms with van der Waals surface area (Å²) in [5.41, 5.74) is 11.5. The Bertz CT molecular complexity index is 1000. The van der Waals surface area contributed by atoms with Gasteiger partial charge in [0.2, 0.25) is 0 Å². The molecule has 1 saturated carbocycles. The Morgan fingerprint density at radius 3 is 2.29 bits per heavy atom. The van der Waals surface area contributed by atoms with Crippen LogP contribution >= 0.6 is 0 Å². The van der Waals surface area contributed by atoms with Gasteiger partial charge >= 0.3 is 18.3 Å². The summed E-state index contributed by atoms with van der Waals surface area (Å²) in [4.78, 5) is 24.4. The lowest BCUT2D eigenvalue weighted by atomic mass is 9.81. The molecule has 5 N–H and O–H groups in total. The van der Waals surface area contributed by atoms with Crippen LogP contribution in [0.4, 0.5) is 24.5 Å². The number of para-hydroxylation sites is 1. The van der Waals surface area contributed by atoms with Crippen molar-refractivity contribution in [3.63, 3.8) is 0 Å². The first-order valence-electron chi connectivity index (χ1n) is 9.60. The number of rotatable bonds is 5. The van der Waals surface area contributed by atoms with Gasteiger partial charge in [0.05, 0.1) is 16.9 Å². The van der Waals surface area contributed by atoms with Crippen molar-refractivity contribution < 1.29 is 37.3 Å². The molecule has 0 bridgehead atoms. The highest BCUT2D eigenvalue weighted by Crippen LogP contribution is 2.44. The number of carboxylic acid groups (broad SMARTS) is 1. The van der Waals surface area contributed by atoms with E-state index < -0.39 is 29.6 Å². The highest BCUT2D eigenvalue weighted by Gasteiger charge is 2.34. The minimum atomic E-state index is -5.01. The lowest BCUT2D eigenvalue weighted by molar-refractivity contribution is -0.274. The van der Waals surface area contributed by atoms with E-state index in [0.717, 1.165) is 37.5 Å². The predicted molar refractivity (Wildman–Crippen MR) is 106 cm³/mol. The van der Waals surface area contributed by atoms with E-state index in [1.165, 1.54) is 12.1 Å². The number of esters is 1. The Hall–Kier alpha value is -3.43. The van der Waals surface area contributed by atoms with Gasteiger partial charge in [-0.2, -0.15) is 0 Å². The van der Waals surface area contributed by atoms with Gasteiger partial charge in [0, 0.05) is 0 Å². The Kier molecular flexibility index (Phi) is 6.28. The maximum absolute atomic E-state index is 12.6. The smallest absolute Gasteiger partial charge is 0.478 e. The zero-order valence-electron chi connectivity index (χ0n) is 16.4. The number of carbonyl (C=O) groups is 2. The van der Waals surface area contributed by atoms with Crippen LogP contribution in [-0.2, 0) is 0 Å². The first-order chi connectivity index (χ1) is 14.6. The van der Waals surface area contributed by atoms with Crippen LogP contribution in [-0.4, -0.2) is 23.4 Å². The molecule has 0 aromatic heterocycles. The Morgan fingerprint density at radius 2 is 1.68 bits per heavy atom. The number of alkyl halides is 3. The second kappa shape index (κ2) is 8.75. The molecule has 2 aromatic rings. The van der Waals surface area contributed by atoms with Crippen molar-refractivity contribution in [2.24, 2.45) is 0 Å². The van der Waals surface area contributed by atoms with Crippen LogP contribution in [0.3, 0.4) is 0 Å². The molecule has 1 aliphatic rings. The summed E-state index contributed by atoms with van der Waals surface area (Å²) in [6.07, 6.45) is -0.777. The first kappa shape index (κ1) is 22.3. The molecule has 31 heavy (non-hydrogen) atoms. The van der Waals surface area contributed by atoms with Crippen LogP contribution in [0, 0.1) is 0 Å². The molecular formula is C21H21F3N2O5. The van der Waals surface area contributed by atoms with Gasteiger partial charge in [-0.3, -0.25) is 0 Å². The summed E-state index contributed by atoms with van der Waals surface area (Å²) in [5, 5.41) is 9.60. The van der Waals surface area contributed by atoms with E-state index in [0.29, 0.717) is 18.4 Å². The molecule has 0 radical (unpaired) electrons. The number of ether oxygens (including phenoxy) is 2. The molecule has 0 unspecified atom stereocenters. The average molecular weight is 438 g/mol. The van der Waals surface area contributed by atoms with E-state index in [-0.39, 0.29) is 28.6 Å². The number of nitrogen functional groups attached to an aromatic ring is 2. The third kappa shape index (κ3) is 5.01. The zero-order valence-corrected chi connectivity index (χ0v) is 16.4. The number of hydrogen-bond acceptors (Lipinski definition) is 6. The van der Waals surface area contributed by atoms with Gasteiger partial charge in [0.1, 0.15) is 11.3 Å². The topological polar surface area (TPSA) is 125 Å². The molecule has 7 nitrogen and oxygen atoms in total. The van der Waals surface area contributed by atoms with Crippen LogP contribution in [0.2, 0.25) is 0 Å². The lowest BCUT2D eigenvalue weighted by Gasteiger charge is -2.26. The van der Waals surface area contributed by atoms with Gasteiger partial charge in [-0.05, 0) is 42.5 Å². The van der Waals surface area contributed by atoms with Gasteiger partial charge in [-0.15, -0.1) is 13.2 Å². The average Bonchev–Trinajstić information content (AvgIpc) is 2.70. The number of carbonyl (C=O) groups excluding carboxylic acids is 1. The molecule has 166 valence electrons. The van der Waals surface area contributed by atoms with E-state index in [4.69, 9.17) is 16.2 Å². The van der Waals surface area contributed by atoms with E-state index in [9.17, 15) is 27.9 Å². The van der Waals surface area contributed by atoms with Gasteiger partial charge in [-0.25, -0.2) is 9.59 Å². The number of halogens is 3. The number of carboxylic acids is 1. The molecule has 3 rings (SSSR count). The van der Waals surface area contributed by atoms with Crippen LogP contribution in [0.15, 0.2) is 30.3 Å². The van der Waals surface area contributed by atoms with Gasteiger partial charge in [0.15, 0.2) is 5.75 Å². The molecule has 0 aliphatic heterocycles. The number of aromatic carboxylic acids is 1. The minimum absolute atomic E-state index is 0.0810. The third-order valence-electron chi connectivity index (χ3n) is 5.16. The van der Waals surface area contributed by atoms with Crippen LogP contribution in [0.25, 0.3) is 0 Å². The first-order valence-corrected chi connectivity index (χ1v) is 9.60. The molecule has 0 amide bonds. The molecule has 1 fully saturated rings. The standard InChI is InChI=1S/C21H21F3N2O5/c22-21(23,24)31-15-9-5-4-8-12(15)20(29)30-18-14(25)10-13(19(27)28)16(17(18)26)11-6-2-1-3-7-11/h4-5,8-11H,1-3,6-7,25-26H2,(H,27,28). The number of benzene rings is 2. The third-order valence-corrected chi connectivity index (χ3v) is 5.16. The van der Waals surface area contributed by atoms with E-state index in [1.54, 1.807) is 0 Å². The fourth-order valence-corrected chi connectivity index (χ4v) is 3.84. The van der Waals surface area contributed by atoms with Gasteiger partial charge in [0.25, 0.3) is 0 Å². The second-order valence-corrected chi connectivity index (χ2v) is 7.24. The van der Waals surface area contributed by atoms with Gasteiger partial charge in [-0.1, -0.05) is 31.4 Å². The van der Waals surface area contributed by atoms with Crippen molar-refractivity contribution in [3.05, 3.63) is 47.0 Å². The normalized spacial score (nSPS) is 14.8. The predicted octanol–water partition coefficient (Wildman–Crippen LogP) is 4.71. The van der Waals surface area contributed by atoms with Crippen LogP contribution in [0.5, 0.6) is 11.5 Å². The lowest BCUT2D eigenvalue weighted by Crippen LogP contribution is -2.21. The van der Waals surface area contributed by atoms with Gasteiger partial charge < -0.3 is 26.0 Å². The molecular weight excluding hydrogens is 417 g/mol. The van der Waals surface area contributed by atoms with Crippen molar-refractivity contribution in [1.29, 1.82) is 0 Å². The highest BCUT2D eigenvalue weighted by atomic mass is 19.4. The minimum Gasteiger partial charge on any atom is -0.478 e. The van der Waals surface area contributed by atoms with Crippen molar-refractivity contribution in [2.75, 3.05) is 11.5 Å². The highest BCUT2D eigenvalue weighted by molar-refractivity contribution is 5.98. The molecule has 10 heteroatoms. The summed E-state index contributed by atoms with van der Waals surface area (Å²) in [7, 11) is 0. The molecule has 0 heterocycles. The largest absolute Gasteiger partial charge is 0.573 e. The molecule has 0 atom stereocenters. The number of nitrogens with two attached hydrogens (primary N) is 2. The van der Waals surface area contributed by atoms with E-state index >= 15 is 0 Å². The SMILES string of the molecule is Nc1cc(C(=O)O)c(C2CCCCC2)c(N)c1OC(=O)c1ccccc1OC(F)(F)F. The monoisotopic (exact) mass is 438 g/mol. The molecule has 1 aliphatic carbocycles. The maximum Gasteiger partial charge on any atom is 0.573 e. The Morgan fingerprint density at radius 1 is 1.03 bits per heavy atom. The summed E-state index contributed by atoms with van der Waals surface area (Å²) in [5.74, 6) is -3.57. The van der Waals surface area contributed by atoms with Crippen molar-refractivity contribution in [2.45, 2.75) is 44.4 Å². The molecule has 0 spiro atoms. The second-order valence-electron chi connectivity index (χ2n) is 7.24. The quantitative estimate of drug-likeness (QED) is 0.351. The summed E-state index contributed by atoms with van der Waals surface area (Å²) >= 11 is 0. The fourth-order valence-electron chi connectivity index (χ4n) is 3.84. The Balaban J connectivity index is 2.01. The van der Waals surface area contributed by atoms with Crippen LogP contribution < -0.4 is 20.9 Å². The number of anilines is 2. The maximum atomic E-state index is 12.6. The summed E-state index contributed by atoms with van der Waals surface area (Å²) in [6, 6.07) is 5.83. The summed E-state index contributed by atoms with van der Waals surface area (Å²) in [6.45, 7) is 0. The fraction of sp³-hybridized carbons (Fsp3) is 0.333. The van der Waals surface area contributed by atoms with Crippen molar-refractivity contribution >= 4 is 23.3 Å². The van der Waals surface area contributed by atoms with E-state index in [1.807, 2.05) is 0 Å².